The zero-order valence-electron chi connectivity index (χ0n) is 7.01. The molecule has 0 fully saturated rings. The lowest BCUT2D eigenvalue weighted by atomic mass is 10.3. The van der Waals surface area contributed by atoms with Crippen LogP contribution < -0.4 is 0 Å². The van der Waals surface area contributed by atoms with E-state index in [9.17, 15) is 4.79 Å². The van der Waals surface area contributed by atoms with Crippen molar-refractivity contribution in [2.45, 2.75) is 6.42 Å². The fraction of sp³-hybridized carbons (Fsp3) is 0.125. The van der Waals surface area contributed by atoms with Crippen molar-refractivity contribution in [1.82, 2.24) is 14.6 Å². The van der Waals surface area contributed by atoms with E-state index in [2.05, 4.69) is 10.1 Å². The first kappa shape index (κ1) is 8.96. The maximum Gasteiger partial charge on any atom is 0.309 e. The summed E-state index contributed by atoms with van der Waals surface area (Å²) in [5.41, 5.74) is 0.881. The Bertz CT molecular complexity index is 494. The van der Waals surface area contributed by atoms with Crippen LogP contribution in [0.3, 0.4) is 0 Å². The number of hydrogen-bond donors (Lipinski definition) is 1. The molecule has 0 saturated heterocycles. The minimum absolute atomic E-state index is 0.192. The first-order valence-corrected chi connectivity index (χ1v) is 4.26. The van der Waals surface area contributed by atoms with E-state index in [0.717, 1.165) is 0 Å². The Labute approximate surface area is 83.9 Å². The lowest BCUT2D eigenvalue weighted by molar-refractivity contribution is -0.136. The van der Waals surface area contributed by atoms with Gasteiger partial charge in [0.1, 0.15) is 0 Å². The van der Waals surface area contributed by atoms with Crippen LogP contribution >= 0.6 is 11.6 Å². The Morgan fingerprint density at radius 2 is 2.43 bits per heavy atom. The number of aliphatic carboxylic acids is 1. The molecule has 72 valence electrons. The number of carboxylic acids is 1. The molecule has 14 heavy (non-hydrogen) atoms. The number of rotatable bonds is 2. The van der Waals surface area contributed by atoms with Gasteiger partial charge in [0.2, 0.25) is 0 Å². The average Bonchev–Trinajstić information content (AvgIpc) is 2.44. The van der Waals surface area contributed by atoms with E-state index in [-0.39, 0.29) is 11.6 Å². The standard InChI is InChI=1S/C8H6ClN3O2/c9-8-5(4-7(13)14)11-6-2-1-3-10-12(6)8/h1-3H,4H2,(H,13,14). The molecule has 2 heterocycles. The first-order valence-electron chi connectivity index (χ1n) is 3.88. The summed E-state index contributed by atoms with van der Waals surface area (Å²) < 4.78 is 1.40. The molecule has 2 aromatic heterocycles. The number of aromatic nitrogens is 3. The third-order valence-electron chi connectivity index (χ3n) is 1.72. The second kappa shape index (κ2) is 3.26. The van der Waals surface area contributed by atoms with Gasteiger partial charge in [0, 0.05) is 6.20 Å². The van der Waals surface area contributed by atoms with Crippen LogP contribution in [0.5, 0.6) is 0 Å². The molecule has 0 spiro atoms. The smallest absolute Gasteiger partial charge is 0.309 e. The molecule has 0 aliphatic carbocycles. The molecule has 0 aliphatic heterocycles. The van der Waals surface area contributed by atoms with Crippen LogP contribution in [0.15, 0.2) is 18.3 Å². The average molecular weight is 212 g/mol. The maximum absolute atomic E-state index is 10.5. The molecule has 0 aromatic carbocycles. The van der Waals surface area contributed by atoms with Crippen LogP contribution in [-0.2, 0) is 11.2 Å². The van der Waals surface area contributed by atoms with Crippen LogP contribution in [0.2, 0.25) is 5.15 Å². The van der Waals surface area contributed by atoms with E-state index in [1.807, 2.05) is 0 Å². The second-order valence-electron chi connectivity index (χ2n) is 2.71. The monoisotopic (exact) mass is 211 g/mol. The minimum Gasteiger partial charge on any atom is -0.481 e. The summed E-state index contributed by atoms with van der Waals surface area (Å²) in [5, 5.41) is 12.8. The van der Waals surface area contributed by atoms with Crippen molar-refractivity contribution in [2.75, 3.05) is 0 Å². The topological polar surface area (TPSA) is 67.5 Å². The summed E-state index contributed by atoms with van der Waals surface area (Å²) in [6.07, 6.45) is 1.37. The molecule has 5 nitrogen and oxygen atoms in total. The van der Waals surface area contributed by atoms with E-state index >= 15 is 0 Å². The molecule has 2 aromatic rings. The van der Waals surface area contributed by atoms with Crippen molar-refractivity contribution in [3.05, 3.63) is 29.2 Å². The van der Waals surface area contributed by atoms with Crippen LogP contribution in [-0.4, -0.2) is 25.7 Å². The normalized spacial score (nSPS) is 10.6. The number of imidazole rings is 1. The number of carboxylic acid groups (broad SMARTS) is 1. The molecule has 0 saturated carbocycles. The fourth-order valence-corrected chi connectivity index (χ4v) is 1.40. The molecule has 0 amide bonds. The minimum atomic E-state index is -0.963. The number of carbonyl (C=O) groups is 1. The van der Waals surface area contributed by atoms with E-state index in [4.69, 9.17) is 16.7 Å². The summed E-state index contributed by atoms with van der Waals surface area (Å²) in [6, 6.07) is 3.42. The highest BCUT2D eigenvalue weighted by Gasteiger charge is 2.13. The maximum atomic E-state index is 10.5. The molecule has 1 N–H and O–H groups in total. The van der Waals surface area contributed by atoms with Crippen molar-refractivity contribution in [2.24, 2.45) is 0 Å². The molecule has 0 atom stereocenters. The van der Waals surface area contributed by atoms with Crippen molar-refractivity contribution >= 4 is 23.2 Å². The van der Waals surface area contributed by atoms with Gasteiger partial charge in [-0.1, -0.05) is 11.6 Å². The number of fused-ring (bicyclic) bond motifs is 1. The van der Waals surface area contributed by atoms with Crippen LogP contribution in [0, 0.1) is 0 Å². The van der Waals surface area contributed by atoms with Crippen molar-refractivity contribution in [3.63, 3.8) is 0 Å². The quantitative estimate of drug-likeness (QED) is 0.805. The van der Waals surface area contributed by atoms with Crippen LogP contribution in [0.1, 0.15) is 5.69 Å². The Kier molecular flexibility index (Phi) is 2.09. The molecular weight excluding hydrogens is 206 g/mol. The molecule has 2 rings (SSSR count). The van der Waals surface area contributed by atoms with Gasteiger partial charge < -0.3 is 5.11 Å². The van der Waals surface area contributed by atoms with Gasteiger partial charge in [-0.3, -0.25) is 4.79 Å². The lowest BCUT2D eigenvalue weighted by Gasteiger charge is -1.91. The van der Waals surface area contributed by atoms with E-state index in [1.54, 1.807) is 18.3 Å². The van der Waals surface area contributed by atoms with Gasteiger partial charge in [-0.2, -0.15) is 5.10 Å². The molecular formula is C8H6ClN3O2. The van der Waals surface area contributed by atoms with Gasteiger partial charge in [0.25, 0.3) is 0 Å². The van der Waals surface area contributed by atoms with Crippen molar-refractivity contribution in [1.29, 1.82) is 0 Å². The van der Waals surface area contributed by atoms with Gasteiger partial charge in [-0.15, -0.1) is 0 Å². The van der Waals surface area contributed by atoms with E-state index in [1.165, 1.54) is 4.52 Å². The first-order chi connectivity index (χ1) is 6.68. The third-order valence-corrected chi connectivity index (χ3v) is 2.10. The van der Waals surface area contributed by atoms with Crippen LogP contribution in [0.25, 0.3) is 5.65 Å². The van der Waals surface area contributed by atoms with Gasteiger partial charge >= 0.3 is 5.97 Å². The summed E-state index contributed by atoms with van der Waals surface area (Å²) in [5.74, 6) is -0.963. The summed E-state index contributed by atoms with van der Waals surface area (Å²) in [7, 11) is 0. The third kappa shape index (κ3) is 1.42. The van der Waals surface area contributed by atoms with Gasteiger partial charge in [-0.05, 0) is 12.1 Å². The Morgan fingerprint density at radius 1 is 1.64 bits per heavy atom. The lowest BCUT2D eigenvalue weighted by Crippen LogP contribution is -2.00. The Morgan fingerprint density at radius 3 is 3.07 bits per heavy atom. The molecule has 0 bridgehead atoms. The van der Waals surface area contributed by atoms with Crippen molar-refractivity contribution < 1.29 is 9.90 Å². The largest absolute Gasteiger partial charge is 0.481 e. The second-order valence-corrected chi connectivity index (χ2v) is 3.07. The van der Waals surface area contributed by atoms with Crippen LogP contribution in [0.4, 0.5) is 0 Å². The predicted octanol–water partition coefficient (Wildman–Crippen LogP) is 1.01. The highest BCUT2D eigenvalue weighted by Crippen LogP contribution is 2.16. The Balaban J connectivity index is 2.57. The predicted molar refractivity (Wildman–Crippen MR) is 49.3 cm³/mol. The molecule has 0 radical (unpaired) electrons. The summed E-state index contributed by atoms with van der Waals surface area (Å²) in [6.45, 7) is 0. The highest BCUT2D eigenvalue weighted by molar-refractivity contribution is 6.30. The Hall–Kier alpha value is -1.62. The highest BCUT2D eigenvalue weighted by atomic mass is 35.5. The fourth-order valence-electron chi connectivity index (χ4n) is 1.16. The van der Waals surface area contributed by atoms with E-state index < -0.39 is 5.97 Å². The molecule has 6 heteroatoms. The zero-order chi connectivity index (χ0) is 10.1. The van der Waals surface area contributed by atoms with Gasteiger partial charge in [0.15, 0.2) is 10.8 Å². The summed E-state index contributed by atoms with van der Waals surface area (Å²) in [4.78, 5) is 14.5. The van der Waals surface area contributed by atoms with Crippen molar-refractivity contribution in [3.8, 4) is 0 Å². The van der Waals surface area contributed by atoms with Gasteiger partial charge in [0.05, 0.1) is 12.1 Å². The van der Waals surface area contributed by atoms with E-state index in [0.29, 0.717) is 11.3 Å². The molecule has 0 unspecified atom stereocenters. The van der Waals surface area contributed by atoms with Gasteiger partial charge in [-0.25, -0.2) is 9.50 Å². The zero-order valence-corrected chi connectivity index (χ0v) is 7.77. The summed E-state index contributed by atoms with van der Waals surface area (Å²) >= 11 is 5.88. The number of hydrogen-bond acceptors (Lipinski definition) is 3. The number of nitrogens with zero attached hydrogens (tertiary/aromatic N) is 3. The molecule has 0 aliphatic rings. The number of halogens is 1. The SMILES string of the molecule is O=C(O)Cc1nc2cccnn2c1Cl.